The molecule has 9 nitrogen and oxygen atoms in total. The monoisotopic (exact) mass is 544 g/mol. The first-order valence-electron chi connectivity index (χ1n) is 13.7. The van der Waals surface area contributed by atoms with Gasteiger partial charge in [0.05, 0.1) is 24.2 Å². The van der Waals surface area contributed by atoms with Gasteiger partial charge in [0.1, 0.15) is 17.4 Å². The number of rotatable bonds is 13. The Hall–Kier alpha value is -2.43. The second-order valence-electron chi connectivity index (χ2n) is 10.6. The fourth-order valence-corrected chi connectivity index (χ4v) is 5.66. The van der Waals surface area contributed by atoms with Crippen LogP contribution in [0, 0.1) is 18.8 Å². The fraction of sp³-hybridized carbons (Fsp3) is 0.643. The standard InChI is InChI=1S/C28H42N6O3.H2S/c1-19(2)26(33-15-11-21(12-16-33)13-17-35)25(36)8-6-5-7-14-29-27-28-32-31-20(3)34(28)24-10-9-22(37-4)18-23(24)30-27;/h9-10,18-19,21,26,35H,5-8,11-17H2,1-4H3,(H,29,30);1H2/t26-;/m0./s1. The second kappa shape index (κ2) is 14.1. The molecule has 0 bridgehead atoms. The number of carbonyl (C=O) groups is 1. The molecule has 4 rings (SSSR count). The van der Waals surface area contributed by atoms with E-state index >= 15 is 0 Å². The number of anilines is 1. The van der Waals surface area contributed by atoms with Crippen molar-refractivity contribution >= 4 is 41.8 Å². The highest BCUT2D eigenvalue weighted by Crippen LogP contribution is 2.26. The number of aryl methyl sites for hydroxylation is 1. The van der Waals surface area contributed by atoms with Gasteiger partial charge in [-0.3, -0.25) is 14.1 Å². The summed E-state index contributed by atoms with van der Waals surface area (Å²) in [5.74, 6) is 3.56. The molecule has 0 radical (unpaired) electrons. The maximum atomic E-state index is 13.1. The van der Waals surface area contributed by atoms with Crippen LogP contribution in [0.3, 0.4) is 0 Å². The van der Waals surface area contributed by atoms with Gasteiger partial charge in [-0.2, -0.15) is 13.5 Å². The number of ketones is 1. The molecule has 1 atom stereocenters. The molecule has 1 aliphatic rings. The highest BCUT2D eigenvalue weighted by Gasteiger charge is 2.31. The molecule has 0 aliphatic carbocycles. The van der Waals surface area contributed by atoms with Gasteiger partial charge in [-0.15, -0.1) is 10.2 Å². The van der Waals surface area contributed by atoms with Gasteiger partial charge in [-0.1, -0.05) is 20.3 Å². The van der Waals surface area contributed by atoms with E-state index in [0.29, 0.717) is 35.5 Å². The number of aliphatic hydroxyl groups is 1. The molecule has 210 valence electrons. The van der Waals surface area contributed by atoms with E-state index in [2.05, 4.69) is 34.3 Å². The largest absolute Gasteiger partial charge is 0.497 e. The Bertz CT molecular complexity index is 1190. The van der Waals surface area contributed by atoms with E-state index in [1.165, 1.54) is 0 Å². The molecule has 3 heterocycles. The predicted octanol–water partition coefficient (Wildman–Crippen LogP) is 4.37. The summed E-state index contributed by atoms with van der Waals surface area (Å²) in [6.07, 6.45) is 6.49. The van der Waals surface area contributed by atoms with Gasteiger partial charge in [-0.05, 0) is 76.1 Å². The van der Waals surface area contributed by atoms with Crippen LogP contribution in [0.1, 0.15) is 64.6 Å². The number of hydrogen-bond acceptors (Lipinski definition) is 8. The van der Waals surface area contributed by atoms with Crippen LogP contribution < -0.4 is 10.1 Å². The molecule has 1 saturated heterocycles. The lowest BCUT2D eigenvalue weighted by molar-refractivity contribution is -0.126. The predicted molar refractivity (Wildman–Crippen MR) is 157 cm³/mol. The molecule has 1 aromatic carbocycles. The smallest absolute Gasteiger partial charge is 0.204 e. The summed E-state index contributed by atoms with van der Waals surface area (Å²) in [5.41, 5.74) is 2.48. The van der Waals surface area contributed by atoms with Gasteiger partial charge in [-0.25, -0.2) is 4.98 Å². The Kier molecular flexibility index (Phi) is 11.2. The highest BCUT2D eigenvalue weighted by molar-refractivity contribution is 7.59. The molecule has 0 spiro atoms. The van der Waals surface area contributed by atoms with E-state index in [0.717, 1.165) is 80.8 Å². The zero-order valence-corrected chi connectivity index (χ0v) is 24.2. The molecule has 1 fully saturated rings. The molecule has 10 heteroatoms. The van der Waals surface area contributed by atoms with Crippen LogP contribution in [-0.4, -0.2) is 74.8 Å². The third kappa shape index (κ3) is 6.95. The maximum Gasteiger partial charge on any atom is 0.204 e. The lowest BCUT2D eigenvalue weighted by atomic mass is 9.89. The summed E-state index contributed by atoms with van der Waals surface area (Å²) in [5, 5.41) is 21.3. The molecule has 1 aliphatic heterocycles. The summed E-state index contributed by atoms with van der Waals surface area (Å²) >= 11 is 0. The van der Waals surface area contributed by atoms with E-state index in [1.54, 1.807) is 7.11 Å². The Balaban J connectivity index is 0.00000400. The SMILES string of the molecule is COc1ccc2c(c1)nc(NCCCCCC(=O)[C@H](C(C)C)N1CCC(CCO)CC1)c1nnc(C)n12.S. The van der Waals surface area contributed by atoms with E-state index in [1.807, 2.05) is 29.5 Å². The first kappa shape index (κ1) is 30.1. The normalized spacial score (nSPS) is 15.6. The van der Waals surface area contributed by atoms with Gasteiger partial charge in [0.15, 0.2) is 5.82 Å². The number of benzene rings is 1. The number of hydrogen-bond donors (Lipinski definition) is 2. The van der Waals surface area contributed by atoms with Crippen molar-refractivity contribution in [2.24, 2.45) is 11.8 Å². The number of ether oxygens (including phenoxy) is 1. The van der Waals surface area contributed by atoms with Crippen LogP contribution in [0.2, 0.25) is 0 Å². The molecular weight excluding hydrogens is 500 g/mol. The van der Waals surface area contributed by atoms with Crippen molar-refractivity contribution in [1.29, 1.82) is 0 Å². The topological polar surface area (TPSA) is 105 Å². The number of nitrogens with zero attached hydrogens (tertiary/aromatic N) is 5. The van der Waals surface area contributed by atoms with E-state index in [-0.39, 0.29) is 26.1 Å². The van der Waals surface area contributed by atoms with Gasteiger partial charge >= 0.3 is 0 Å². The number of fused-ring (bicyclic) bond motifs is 3. The maximum absolute atomic E-state index is 13.1. The lowest BCUT2D eigenvalue weighted by Crippen LogP contribution is -2.48. The summed E-state index contributed by atoms with van der Waals surface area (Å²) in [7, 11) is 1.65. The summed E-state index contributed by atoms with van der Waals surface area (Å²) in [6.45, 7) is 9.20. The van der Waals surface area contributed by atoms with Crippen LogP contribution in [0.4, 0.5) is 5.82 Å². The van der Waals surface area contributed by atoms with Crippen LogP contribution in [0.25, 0.3) is 16.7 Å². The molecule has 2 aromatic heterocycles. The van der Waals surface area contributed by atoms with Crippen molar-refractivity contribution in [3.8, 4) is 5.75 Å². The van der Waals surface area contributed by atoms with Crippen LogP contribution >= 0.6 is 13.5 Å². The minimum atomic E-state index is 0. The molecule has 38 heavy (non-hydrogen) atoms. The number of aromatic nitrogens is 4. The average molecular weight is 545 g/mol. The summed E-state index contributed by atoms with van der Waals surface area (Å²) < 4.78 is 7.39. The number of likely N-dealkylation sites (tertiary alicyclic amines) is 1. The third-order valence-electron chi connectivity index (χ3n) is 7.63. The molecule has 3 aromatic rings. The minimum Gasteiger partial charge on any atom is -0.497 e. The molecular formula is C28H44N6O3S. The Morgan fingerprint density at radius 2 is 1.95 bits per heavy atom. The summed E-state index contributed by atoms with van der Waals surface area (Å²) in [6, 6.07) is 5.83. The van der Waals surface area contributed by atoms with Crippen molar-refractivity contribution < 1.29 is 14.6 Å². The van der Waals surface area contributed by atoms with Crippen molar-refractivity contribution in [2.75, 3.05) is 38.7 Å². The number of carbonyl (C=O) groups excluding carboxylic acids is 1. The fourth-order valence-electron chi connectivity index (χ4n) is 5.66. The van der Waals surface area contributed by atoms with Crippen molar-refractivity contribution in [1.82, 2.24) is 24.5 Å². The zero-order chi connectivity index (χ0) is 26.4. The van der Waals surface area contributed by atoms with Gasteiger partial charge in [0.2, 0.25) is 5.65 Å². The quantitative estimate of drug-likeness (QED) is 0.306. The van der Waals surface area contributed by atoms with Gasteiger partial charge in [0, 0.05) is 25.6 Å². The first-order chi connectivity index (χ1) is 17.9. The Labute approximate surface area is 232 Å². The number of aliphatic hydroxyl groups excluding tert-OH is 1. The summed E-state index contributed by atoms with van der Waals surface area (Å²) in [4.78, 5) is 20.3. The minimum absolute atomic E-state index is 0. The lowest BCUT2D eigenvalue weighted by Gasteiger charge is -2.38. The van der Waals surface area contributed by atoms with E-state index in [4.69, 9.17) is 9.72 Å². The highest BCUT2D eigenvalue weighted by atomic mass is 32.1. The van der Waals surface area contributed by atoms with Crippen molar-refractivity contribution in [2.45, 2.75) is 71.8 Å². The average Bonchev–Trinajstić information content (AvgIpc) is 3.28. The van der Waals surface area contributed by atoms with Crippen LogP contribution in [-0.2, 0) is 4.79 Å². The Morgan fingerprint density at radius 3 is 2.63 bits per heavy atom. The number of nitrogens with one attached hydrogen (secondary N) is 1. The molecule has 2 N–H and O–H groups in total. The number of piperidine rings is 1. The van der Waals surface area contributed by atoms with E-state index < -0.39 is 0 Å². The molecule has 0 saturated carbocycles. The van der Waals surface area contributed by atoms with Crippen molar-refractivity contribution in [3.63, 3.8) is 0 Å². The number of unbranched alkanes of at least 4 members (excludes halogenated alkanes) is 2. The third-order valence-corrected chi connectivity index (χ3v) is 7.63. The van der Waals surface area contributed by atoms with Gasteiger partial charge < -0.3 is 15.2 Å². The van der Waals surface area contributed by atoms with Crippen molar-refractivity contribution in [3.05, 3.63) is 24.0 Å². The van der Waals surface area contributed by atoms with Crippen LogP contribution in [0.5, 0.6) is 5.75 Å². The number of Topliss-reactive ketones (excluding diaryl/α,β-unsaturated/α-hetero) is 1. The second-order valence-corrected chi connectivity index (χ2v) is 10.6. The molecule has 0 unspecified atom stereocenters. The zero-order valence-electron chi connectivity index (χ0n) is 23.2. The molecule has 0 amide bonds. The first-order valence-corrected chi connectivity index (χ1v) is 13.7. The number of methoxy groups -OCH3 is 1. The van der Waals surface area contributed by atoms with Gasteiger partial charge in [0.25, 0.3) is 0 Å². The van der Waals surface area contributed by atoms with Crippen LogP contribution in [0.15, 0.2) is 18.2 Å². The Morgan fingerprint density at radius 1 is 1.18 bits per heavy atom. The van der Waals surface area contributed by atoms with E-state index in [9.17, 15) is 9.90 Å².